The Balaban J connectivity index is 2.10. The molecule has 1 amide bonds. The van der Waals surface area contributed by atoms with Gasteiger partial charge in [0.15, 0.2) is 17.6 Å². The molecule has 6 nitrogen and oxygen atoms in total. The summed E-state index contributed by atoms with van der Waals surface area (Å²) >= 11 is 3.39. The van der Waals surface area contributed by atoms with Gasteiger partial charge < -0.3 is 14.2 Å². The molecule has 0 aliphatic rings. The highest BCUT2D eigenvalue weighted by Gasteiger charge is 2.19. The SMILES string of the molecule is COc1cc(/C=N/NC(=O)C(OC)c2ccc(F)cc2)cc(Br)c1OC. The fourth-order valence-corrected chi connectivity index (χ4v) is 2.90. The summed E-state index contributed by atoms with van der Waals surface area (Å²) in [7, 11) is 4.46. The van der Waals surface area contributed by atoms with Gasteiger partial charge in [0, 0.05) is 7.11 Å². The lowest BCUT2D eigenvalue weighted by molar-refractivity contribution is -0.131. The molecule has 0 saturated heterocycles. The van der Waals surface area contributed by atoms with Gasteiger partial charge in [-0.25, -0.2) is 9.82 Å². The van der Waals surface area contributed by atoms with E-state index >= 15 is 0 Å². The van der Waals surface area contributed by atoms with Crippen molar-refractivity contribution in [1.82, 2.24) is 5.43 Å². The molecule has 0 spiro atoms. The Morgan fingerprint density at radius 3 is 2.46 bits per heavy atom. The van der Waals surface area contributed by atoms with Crippen molar-refractivity contribution in [2.45, 2.75) is 6.10 Å². The molecule has 0 radical (unpaired) electrons. The number of hydrazone groups is 1. The third kappa shape index (κ3) is 4.80. The van der Waals surface area contributed by atoms with E-state index in [1.807, 2.05) is 0 Å². The van der Waals surface area contributed by atoms with Crippen LogP contribution < -0.4 is 14.9 Å². The summed E-state index contributed by atoms with van der Waals surface area (Å²) in [5, 5.41) is 3.93. The Morgan fingerprint density at radius 2 is 1.88 bits per heavy atom. The van der Waals surface area contributed by atoms with Crippen molar-refractivity contribution < 1.29 is 23.4 Å². The fourth-order valence-electron chi connectivity index (χ4n) is 2.27. The van der Waals surface area contributed by atoms with Gasteiger partial charge in [0.1, 0.15) is 5.82 Å². The molecule has 2 aromatic rings. The van der Waals surface area contributed by atoms with Gasteiger partial charge in [-0.1, -0.05) is 12.1 Å². The second-order valence-corrected chi connectivity index (χ2v) is 5.99. The quantitative estimate of drug-likeness (QED) is 0.545. The highest BCUT2D eigenvalue weighted by Crippen LogP contribution is 2.35. The van der Waals surface area contributed by atoms with Crippen LogP contribution in [0.2, 0.25) is 0 Å². The minimum atomic E-state index is -0.898. The zero-order chi connectivity index (χ0) is 19.1. The molecule has 1 atom stereocenters. The lowest BCUT2D eigenvalue weighted by Crippen LogP contribution is -2.26. The van der Waals surface area contributed by atoms with Crippen molar-refractivity contribution >= 4 is 28.1 Å². The van der Waals surface area contributed by atoms with Gasteiger partial charge in [-0.2, -0.15) is 5.10 Å². The summed E-state index contributed by atoms with van der Waals surface area (Å²) in [5.41, 5.74) is 3.61. The highest BCUT2D eigenvalue weighted by molar-refractivity contribution is 9.10. The number of nitrogens with one attached hydrogen (secondary N) is 1. The number of carbonyl (C=O) groups excluding carboxylic acids is 1. The van der Waals surface area contributed by atoms with Crippen molar-refractivity contribution in [1.29, 1.82) is 0 Å². The number of hydrogen-bond acceptors (Lipinski definition) is 5. The molecule has 0 heterocycles. The van der Waals surface area contributed by atoms with E-state index in [1.54, 1.807) is 12.1 Å². The number of nitrogens with zero attached hydrogens (tertiary/aromatic N) is 1. The summed E-state index contributed by atoms with van der Waals surface area (Å²) in [6.45, 7) is 0. The van der Waals surface area contributed by atoms with Crippen LogP contribution in [0.15, 0.2) is 46.0 Å². The molecule has 2 aromatic carbocycles. The number of hydrogen-bond donors (Lipinski definition) is 1. The molecule has 0 aliphatic heterocycles. The Kier molecular flexibility index (Phi) is 7.11. The summed E-state index contributed by atoms with van der Waals surface area (Å²) in [6, 6.07) is 8.98. The maximum absolute atomic E-state index is 13.0. The van der Waals surface area contributed by atoms with E-state index in [2.05, 4.69) is 26.5 Å². The van der Waals surface area contributed by atoms with Crippen molar-refractivity contribution in [3.63, 3.8) is 0 Å². The normalized spacial score (nSPS) is 12.0. The maximum atomic E-state index is 13.0. The first kappa shape index (κ1) is 19.9. The average Bonchev–Trinajstić information content (AvgIpc) is 2.63. The van der Waals surface area contributed by atoms with Crippen LogP contribution in [0.4, 0.5) is 4.39 Å². The number of ether oxygens (including phenoxy) is 3. The highest BCUT2D eigenvalue weighted by atomic mass is 79.9. The first-order chi connectivity index (χ1) is 12.5. The third-order valence-corrected chi connectivity index (χ3v) is 4.08. The predicted octanol–water partition coefficient (Wildman–Crippen LogP) is 3.44. The molecule has 26 heavy (non-hydrogen) atoms. The Hall–Kier alpha value is -2.45. The van der Waals surface area contributed by atoms with Gasteiger partial charge >= 0.3 is 0 Å². The molecular weight excluding hydrogens is 407 g/mol. The van der Waals surface area contributed by atoms with Crippen molar-refractivity contribution in [2.24, 2.45) is 5.10 Å². The van der Waals surface area contributed by atoms with E-state index in [9.17, 15) is 9.18 Å². The lowest BCUT2D eigenvalue weighted by atomic mass is 10.1. The number of halogens is 2. The number of rotatable bonds is 7. The molecule has 1 unspecified atom stereocenters. The van der Waals surface area contributed by atoms with Crippen LogP contribution >= 0.6 is 15.9 Å². The topological polar surface area (TPSA) is 69.2 Å². The van der Waals surface area contributed by atoms with Gasteiger partial charge in [-0.3, -0.25) is 4.79 Å². The Morgan fingerprint density at radius 1 is 1.19 bits per heavy atom. The van der Waals surface area contributed by atoms with Crippen molar-refractivity contribution in [3.8, 4) is 11.5 Å². The van der Waals surface area contributed by atoms with E-state index < -0.39 is 12.0 Å². The molecular formula is C18H18BrFN2O4. The summed E-state index contributed by atoms with van der Waals surface area (Å²) < 4.78 is 29.4. The van der Waals surface area contributed by atoms with Crippen LogP contribution in [0.25, 0.3) is 0 Å². The number of amides is 1. The second kappa shape index (κ2) is 9.30. The van der Waals surface area contributed by atoms with Crippen LogP contribution in [0.1, 0.15) is 17.2 Å². The van der Waals surface area contributed by atoms with Crippen LogP contribution in [0.3, 0.4) is 0 Å². The molecule has 0 fully saturated rings. The molecule has 2 rings (SSSR count). The minimum Gasteiger partial charge on any atom is -0.493 e. The van der Waals surface area contributed by atoms with Crippen LogP contribution in [-0.4, -0.2) is 33.5 Å². The summed E-state index contributed by atoms with van der Waals surface area (Å²) in [5.74, 6) is 0.219. The van der Waals surface area contributed by atoms with Gasteiger partial charge in [-0.05, 0) is 51.3 Å². The molecule has 0 bridgehead atoms. The largest absolute Gasteiger partial charge is 0.493 e. The fraction of sp³-hybridized carbons (Fsp3) is 0.222. The van der Waals surface area contributed by atoms with E-state index in [0.29, 0.717) is 27.1 Å². The molecule has 0 aliphatic carbocycles. The zero-order valence-corrected chi connectivity index (χ0v) is 16.0. The Bertz CT molecular complexity index is 797. The van der Waals surface area contributed by atoms with E-state index in [1.165, 1.54) is 51.8 Å². The molecule has 0 saturated carbocycles. The van der Waals surface area contributed by atoms with Crippen LogP contribution in [0, 0.1) is 5.82 Å². The monoisotopic (exact) mass is 424 g/mol. The smallest absolute Gasteiger partial charge is 0.273 e. The average molecular weight is 425 g/mol. The standard InChI is InChI=1S/C18H18BrFN2O4/c1-24-15-9-11(8-14(19)17(15)26-3)10-21-22-18(23)16(25-2)12-4-6-13(20)7-5-12/h4-10,16H,1-3H3,(H,22,23)/b21-10+. The number of methoxy groups -OCH3 is 3. The third-order valence-electron chi connectivity index (χ3n) is 3.49. The Labute approximate surface area is 159 Å². The zero-order valence-electron chi connectivity index (χ0n) is 14.5. The molecule has 138 valence electrons. The minimum absolute atomic E-state index is 0.388. The van der Waals surface area contributed by atoms with Crippen LogP contribution in [0.5, 0.6) is 11.5 Å². The summed E-state index contributed by atoms with van der Waals surface area (Å²) in [6.07, 6.45) is 0.562. The number of benzene rings is 2. The molecule has 1 N–H and O–H groups in total. The van der Waals surface area contributed by atoms with Gasteiger partial charge in [-0.15, -0.1) is 0 Å². The van der Waals surface area contributed by atoms with E-state index in [4.69, 9.17) is 14.2 Å². The second-order valence-electron chi connectivity index (χ2n) is 5.14. The van der Waals surface area contributed by atoms with Gasteiger partial charge in [0.25, 0.3) is 5.91 Å². The van der Waals surface area contributed by atoms with Gasteiger partial charge in [0.2, 0.25) is 0 Å². The maximum Gasteiger partial charge on any atom is 0.273 e. The molecule has 8 heteroatoms. The van der Waals surface area contributed by atoms with E-state index in [0.717, 1.165) is 0 Å². The van der Waals surface area contributed by atoms with Crippen LogP contribution in [-0.2, 0) is 9.53 Å². The van der Waals surface area contributed by atoms with Crippen molar-refractivity contribution in [3.05, 3.63) is 57.8 Å². The molecule has 0 aromatic heterocycles. The summed E-state index contributed by atoms with van der Waals surface area (Å²) in [4.78, 5) is 12.2. The van der Waals surface area contributed by atoms with E-state index in [-0.39, 0.29) is 5.82 Å². The van der Waals surface area contributed by atoms with Crippen molar-refractivity contribution in [2.75, 3.05) is 21.3 Å². The predicted molar refractivity (Wildman–Crippen MR) is 99.1 cm³/mol. The van der Waals surface area contributed by atoms with Gasteiger partial charge in [0.05, 0.1) is 24.9 Å². The first-order valence-corrected chi connectivity index (χ1v) is 8.32. The number of carbonyl (C=O) groups is 1. The lowest BCUT2D eigenvalue weighted by Gasteiger charge is -2.13. The first-order valence-electron chi connectivity index (χ1n) is 7.52.